The van der Waals surface area contributed by atoms with Crippen LogP contribution in [0.1, 0.15) is 0 Å². The molecule has 7 heteroatoms. The molecule has 0 heterocycles. The van der Waals surface area contributed by atoms with Crippen molar-refractivity contribution in [3.05, 3.63) is 30.3 Å². The molecule has 0 atom stereocenters. The molecule has 0 fully saturated rings. The van der Waals surface area contributed by atoms with Gasteiger partial charge in [-0.15, -0.1) is 0 Å². The summed E-state index contributed by atoms with van der Waals surface area (Å²) in [7, 11) is 0. The van der Waals surface area contributed by atoms with E-state index in [1.807, 2.05) is 5.32 Å². The van der Waals surface area contributed by atoms with E-state index in [1.54, 1.807) is 18.2 Å². The fourth-order valence-electron chi connectivity index (χ4n) is 0.899. The van der Waals surface area contributed by atoms with Crippen molar-refractivity contribution >= 4 is 40.8 Å². The molecule has 86 valence electrons. The summed E-state index contributed by atoms with van der Waals surface area (Å²) in [4.78, 5) is 20.9. The Morgan fingerprint density at radius 2 is 1.81 bits per heavy atom. The molecule has 0 saturated carbocycles. The van der Waals surface area contributed by atoms with Crippen LogP contribution < -0.4 is 10.4 Å². The van der Waals surface area contributed by atoms with Crippen LogP contribution >= 0.6 is 23.2 Å². The molecule has 0 aliphatic carbocycles. The molecule has 16 heavy (non-hydrogen) atoms. The SMILES string of the molecule is O=C(NC(=O)N(O)c1ccccc1)C(Cl)Cl. The largest absolute Gasteiger partial charge is 0.352 e. The number of anilines is 1. The van der Waals surface area contributed by atoms with Crippen molar-refractivity contribution in [2.75, 3.05) is 5.06 Å². The van der Waals surface area contributed by atoms with Crippen LogP contribution in [-0.4, -0.2) is 22.0 Å². The average molecular weight is 263 g/mol. The lowest BCUT2D eigenvalue weighted by molar-refractivity contribution is -0.118. The Hall–Kier alpha value is -1.30. The molecule has 0 bridgehead atoms. The number of carbonyl (C=O) groups is 2. The van der Waals surface area contributed by atoms with Gasteiger partial charge in [-0.3, -0.25) is 15.3 Å². The second kappa shape index (κ2) is 5.69. The van der Waals surface area contributed by atoms with E-state index in [2.05, 4.69) is 0 Å². The van der Waals surface area contributed by atoms with Gasteiger partial charge in [0.15, 0.2) is 4.84 Å². The van der Waals surface area contributed by atoms with E-state index in [0.717, 1.165) is 0 Å². The van der Waals surface area contributed by atoms with Gasteiger partial charge in [-0.25, -0.2) is 4.79 Å². The van der Waals surface area contributed by atoms with Crippen molar-refractivity contribution in [1.29, 1.82) is 0 Å². The number of hydrogen-bond donors (Lipinski definition) is 2. The number of imide groups is 1. The number of nitrogens with one attached hydrogen (secondary N) is 1. The summed E-state index contributed by atoms with van der Waals surface area (Å²) in [6.45, 7) is 0. The molecule has 2 N–H and O–H groups in total. The summed E-state index contributed by atoms with van der Waals surface area (Å²) in [5.41, 5.74) is 0.216. The zero-order valence-electron chi connectivity index (χ0n) is 7.93. The number of carbonyl (C=O) groups excluding carboxylic acids is 2. The second-order valence-electron chi connectivity index (χ2n) is 2.74. The number of hydrogen-bond acceptors (Lipinski definition) is 3. The lowest BCUT2D eigenvalue weighted by Crippen LogP contribution is -2.43. The second-order valence-corrected chi connectivity index (χ2v) is 3.84. The van der Waals surface area contributed by atoms with Crippen LogP contribution in [0.4, 0.5) is 10.5 Å². The van der Waals surface area contributed by atoms with Gasteiger partial charge in [-0.2, -0.15) is 5.06 Å². The predicted molar refractivity (Wildman–Crippen MR) is 59.7 cm³/mol. The van der Waals surface area contributed by atoms with Crippen molar-refractivity contribution in [2.45, 2.75) is 4.84 Å². The number of urea groups is 1. The van der Waals surface area contributed by atoms with Gasteiger partial charge >= 0.3 is 6.03 Å². The normalized spacial score (nSPS) is 10.0. The van der Waals surface area contributed by atoms with Gasteiger partial charge in [0.25, 0.3) is 5.91 Å². The lowest BCUT2D eigenvalue weighted by atomic mass is 10.3. The number of para-hydroxylation sites is 1. The summed E-state index contributed by atoms with van der Waals surface area (Å²) in [6.07, 6.45) is 0. The van der Waals surface area contributed by atoms with E-state index in [1.165, 1.54) is 12.1 Å². The maximum absolute atomic E-state index is 11.3. The smallest absolute Gasteiger partial charge is 0.280 e. The van der Waals surface area contributed by atoms with Crippen molar-refractivity contribution in [3.63, 3.8) is 0 Å². The first kappa shape index (κ1) is 12.8. The Kier molecular flexibility index (Phi) is 4.54. The van der Waals surface area contributed by atoms with Crippen molar-refractivity contribution in [1.82, 2.24) is 5.32 Å². The van der Waals surface area contributed by atoms with Crippen LogP contribution in [-0.2, 0) is 4.79 Å². The minimum atomic E-state index is -1.37. The number of halogens is 2. The maximum atomic E-state index is 11.3. The van der Waals surface area contributed by atoms with Gasteiger partial charge < -0.3 is 0 Å². The van der Waals surface area contributed by atoms with E-state index >= 15 is 0 Å². The summed E-state index contributed by atoms with van der Waals surface area (Å²) in [5.74, 6) is -0.900. The molecular weight excluding hydrogens is 255 g/mol. The Bertz CT molecular complexity index is 384. The summed E-state index contributed by atoms with van der Waals surface area (Å²) in [6, 6.07) is 6.92. The predicted octanol–water partition coefficient (Wildman–Crippen LogP) is 1.92. The number of nitrogens with zero attached hydrogens (tertiary/aromatic N) is 1. The molecule has 0 radical (unpaired) electrons. The third-order valence-corrected chi connectivity index (χ3v) is 2.02. The first-order chi connectivity index (χ1) is 7.52. The first-order valence-electron chi connectivity index (χ1n) is 4.19. The fraction of sp³-hybridized carbons (Fsp3) is 0.111. The first-order valence-corrected chi connectivity index (χ1v) is 5.06. The Morgan fingerprint density at radius 1 is 1.25 bits per heavy atom. The van der Waals surface area contributed by atoms with Gasteiger partial charge in [-0.05, 0) is 12.1 Å². The monoisotopic (exact) mass is 262 g/mol. The highest BCUT2D eigenvalue weighted by molar-refractivity contribution is 6.54. The maximum Gasteiger partial charge on any atom is 0.352 e. The van der Waals surface area contributed by atoms with Crippen molar-refractivity contribution in [2.24, 2.45) is 0 Å². The number of amides is 3. The highest BCUT2D eigenvalue weighted by Crippen LogP contribution is 2.10. The topological polar surface area (TPSA) is 69.6 Å². The van der Waals surface area contributed by atoms with E-state index in [4.69, 9.17) is 23.2 Å². The van der Waals surface area contributed by atoms with Crippen LogP contribution in [0.3, 0.4) is 0 Å². The third kappa shape index (κ3) is 3.37. The van der Waals surface area contributed by atoms with Crippen molar-refractivity contribution < 1.29 is 14.8 Å². The van der Waals surface area contributed by atoms with Crippen LogP contribution in [0.15, 0.2) is 30.3 Å². The number of hydroxylamine groups is 1. The van der Waals surface area contributed by atoms with Crippen LogP contribution in [0.5, 0.6) is 0 Å². The van der Waals surface area contributed by atoms with Crippen LogP contribution in [0.25, 0.3) is 0 Å². The molecule has 0 aliphatic rings. The quantitative estimate of drug-likeness (QED) is 0.486. The zero-order chi connectivity index (χ0) is 12.1. The highest BCUT2D eigenvalue weighted by atomic mass is 35.5. The molecule has 0 unspecified atom stereocenters. The molecule has 0 spiro atoms. The molecule has 3 amide bonds. The summed E-state index contributed by atoms with van der Waals surface area (Å²) >= 11 is 10.4. The number of benzene rings is 1. The molecule has 1 aromatic carbocycles. The number of alkyl halides is 2. The Balaban J connectivity index is 2.65. The van der Waals surface area contributed by atoms with Gasteiger partial charge in [0.2, 0.25) is 0 Å². The Labute approximate surface area is 102 Å². The molecule has 0 saturated heterocycles. The minimum Gasteiger partial charge on any atom is -0.280 e. The third-order valence-electron chi connectivity index (χ3n) is 1.62. The average Bonchev–Trinajstić information content (AvgIpc) is 2.28. The van der Waals surface area contributed by atoms with E-state index in [-0.39, 0.29) is 10.8 Å². The molecule has 5 nitrogen and oxygen atoms in total. The molecule has 1 aromatic rings. The molecule has 1 rings (SSSR count). The van der Waals surface area contributed by atoms with Gasteiger partial charge in [0, 0.05) is 0 Å². The Morgan fingerprint density at radius 3 is 2.31 bits per heavy atom. The van der Waals surface area contributed by atoms with E-state index in [0.29, 0.717) is 0 Å². The zero-order valence-corrected chi connectivity index (χ0v) is 9.44. The van der Waals surface area contributed by atoms with Gasteiger partial charge in [0.05, 0.1) is 5.69 Å². The summed E-state index contributed by atoms with van der Waals surface area (Å²) < 4.78 is 0. The summed E-state index contributed by atoms with van der Waals surface area (Å²) in [5, 5.41) is 11.5. The highest BCUT2D eigenvalue weighted by Gasteiger charge is 2.19. The van der Waals surface area contributed by atoms with E-state index < -0.39 is 16.8 Å². The van der Waals surface area contributed by atoms with Crippen molar-refractivity contribution in [3.8, 4) is 0 Å². The lowest BCUT2D eigenvalue weighted by Gasteiger charge is -2.14. The van der Waals surface area contributed by atoms with Gasteiger partial charge in [-0.1, -0.05) is 41.4 Å². The minimum absolute atomic E-state index is 0.216. The molecule has 0 aliphatic heterocycles. The molecular formula is C9H8Cl2N2O3. The van der Waals surface area contributed by atoms with Crippen LogP contribution in [0.2, 0.25) is 0 Å². The van der Waals surface area contributed by atoms with Crippen LogP contribution in [0, 0.1) is 0 Å². The fourth-order valence-corrected chi connectivity index (χ4v) is 1.01. The standard InChI is InChI=1S/C9H8Cl2N2O3/c10-7(11)8(14)12-9(15)13(16)6-4-2-1-3-5-6/h1-5,7,16H,(H,12,14,15). The van der Waals surface area contributed by atoms with Gasteiger partial charge in [0.1, 0.15) is 0 Å². The number of rotatable bonds is 2. The van der Waals surface area contributed by atoms with E-state index in [9.17, 15) is 14.8 Å². The molecule has 0 aromatic heterocycles.